The summed E-state index contributed by atoms with van der Waals surface area (Å²) in [4.78, 5) is 17.1. The lowest BCUT2D eigenvalue weighted by Crippen LogP contribution is -2.39. The molecule has 1 aromatic carbocycles. The Labute approximate surface area is 131 Å². The summed E-state index contributed by atoms with van der Waals surface area (Å²) in [6, 6.07) is 7.84. The number of rotatable bonds is 8. The predicted molar refractivity (Wildman–Crippen MR) is 87.6 cm³/mol. The van der Waals surface area contributed by atoms with Crippen molar-refractivity contribution in [3.63, 3.8) is 0 Å². The molecule has 0 bridgehead atoms. The number of likely N-dealkylation sites (N-methyl/N-ethyl adjacent to an activating group) is 2. The summed E-state index contributed by atoms with van der Waals surface area (Å²) >= 11 is 7.63. The number of nitrogens with zero attached hydrogens (tertiary/aromatic N) is 2. The highest BCUT2D eigenvalue weighted by Crippen LogP contribution is 2.20. The number of hydrogen-bond donors (Lipinski definition) is 0. The lowest BCUT2D eigenvalue weighted by Gasteiger charge is -2.22. The van der Waals surface area contributed by atoms with E-state index < -0.39 is 0 Å². The Morgan fingerprint density at radius 2 is 1.80 bits per heavy atom. The Morgan fingerprint density at radius 1 is 1.20 bits per heavy atom. The predicted octanol–water partition coefficient (Wildman–Crippen LogP) is 3.23. The number of halogens is 1. The van der Waals surface area contributed by atoms with Gasteiger partial charge in [0, 0.05) is 35.3 Å². The molecular formula is C15H23ClN2OS. The summed E-state index contributed by atoms with van der Waals surface area (Å²) < 4.78 is 0. The molecule has 0 aliphatic carbocycles. The Hall–Kier alpha value is -0.710. The van der Waals surface area contributed by atoms with Gasteiger partial charge in [0.2, 0.25) is 5.91 Å². The normalized spacial score (nSPS) is 10.8. The fourth-order valence-corrected chi connectivity index (χ4v) is 2.93. The number of hydrogen-bond acceptors (Lipinski definition) is 3. The number of thioether (sulfide) groups is 1. The standard InChI is InChI=1S/C15H23ClN2OS/c1-4-18(5-2)15(19)12-17(3)10-11-20-14-8-6-13(16)7-9-14/h6-9H,4-5,10-12H2,1-3H3. The highest BCUT2D eigenvalue weighted by molar-refractivity contribution is 7.99. The fraction of sp³-hybridized carbons (Fsp3) is 0.533. The first-order valence-corrected chi connectivity index (χ1v) is 8.27. The van der Waals surface area contributed by atoms with E-state index in [-0.39, 0.29) is 5.91 Å². The zero-order chi connectivity index (χ0) is 15.0. The molecule has 0 aromatic heterocycles. The maximum absolute atomic E-state index is 11.9. The Bertz CT molecular complexity index is 407. The molecule has 0 unspecified atom stereocenters. The zero-order valence-corrected chi connectivity index (χ0v) is 14.0. The van der Waals surface area contributed by atoms with Crippen LogP contribution in [0.5, 0.6) is 0 Å². The van der Waals surface area contributed by atoms with Crippen LogP contribution in [0.3, 0.4) is 0 Å². The van der Waals surface area contributed by atoms with Crippen LogP contribution in [0.4, 0.5) is 0 Å². The van der Waals surface area contributed by atoms with Crippen LogP contribution >= 0.6 is 23.4 Å². The lowest BCUT2D eigenvalue weighted by molar-refractivity contribution is -0.131. The van der Waals surface area contributed by atoms with Crippen molar-refractivity contribution in [2.75, 3.05) is 39.0 Å². The van der Waals surface area contributed by atoms with E-state index in [1.807, 2.05) is 50.1 Å². The summed E-state index contributed by atoms with van der Waals surface area (Å²) in [6.45, 7) is 6.96. The van der Waals surface area contributed by atoms with Crippen LogP contribution in [-0.4, -0.2) is 54.7 Å². The first kappa shape index (κ1) is 17.3. The largest absolute Gasteiger partial charge is 0.342 e. The summed E-state index contributed by atoms with van der Waals surface area (Å²) in [5.41, 5.74) is 0. The van der Waals surface area contributed by atoms with Crippen LogP contribution in [0.1, 0.15) is 13.8 Å². The van der Waals surface area contributed by atoms with Gasteiger partial charge >= 0.3 is 0 Å². The molecule has 0 radical (unpaired) electrons. The molecule has 112 valence electrons. The minimum Gasteiger partial charge on any atom is -0.342 e. The molecule has 1 rings (SSSR count). The third-order valence-electron chi connectivity index (χ3n) is 3.08. The van der Waals surface area contributed by atoms with Crippen molar-refractivity contribution in [3.8, 4) is 0 Å². The van der Waals surface area contributed by atoms with Gasteiger partial charge in [0.05, 0.1) is 6.54 Å². The number of amides is 1. The van der Waals surface area contributed by atoms with Gasteiger partial charge in [-0.2, -0.15) is 0 Å². The Kier molecular flexibility index (Phi) is 8.04. The van der Waals surface area contributed by atoms with Gasteiger partial charge in [0.1, 0.15) is 0 Å². The first-order chi connectivity index (χ1) is 9.56. The van der Waals surface area contributed by atoms with Crippen molar-refractivity contribution in [2.45, 2.75) is 18.7 Å². The second-order valence-corrected chi connectivity index (χ2v) is 6.21. The molecule has 0 aliphatic rings. The lowest BCUT2D eigenvalue weighted by atomic mass is 10.4. The number of benzene rings is 1. The van der Waals surface area contributed by atoms with Crippen LogP contribution in [0, 0.1) is 0 Å². The average molecular weight is 315 g/mol. The van der Waals surface area contributed by atoms with Gasteiger partial charge < -0.3 is 4.90 Å². The van der Waals surface area contributed by atoms with E-state index in [0.717, 1.165) is 30.4 Å². The van der Waals surface area contributed by atoms with Gasteiger partial charge in [0.15, 0.2) is 0 Å². The van der Waals surface area contributed by atoms with E-state index in [9.17, 15) is 4.79 Å². The van der Waals surface area contributed by atoms with Crippen LogP contribution < -0.4 is 0 Å². The van der Waals surface area contributed by atoms with Gasteiger partial charge in [-0.3, -0.25) is 9.69 Å². The topological polar surface area (TPSA) is 23.6 Å². The number of carbonyl (C=O) groups is 1. The quantitative estimate of drug-likeness (QED) is 0.688. The van der Waals surface area contributed by atoms with Crippen molar-refractivity contribution in [2.24, 2.45) is 0 Å². The molecule has 0 fully saturated rings. The maximum Gasteiger partial charge on any atom is 0.236 e. The average Bonchev–Trinajstić information content (AvgIpc) is 2.42. The second-order valence-electron chi connectivity index (χ2n) is 4.61. The van der Waals surface area contributed by atoms with E-state index in [1.54, 1.807) is 11.8 Å². The highest BCUT2D eigenvalue weighted by Gasteiger charge is 2.11. The zero-order valence-electron chi connectivity index (χ0n) is 12.4. The molecule has 0 aliphatic heterocycles. The minimum atomic E-state index is 0.203. The van der Waals surface area contributed by atoms with E-state index >= 15 is 0 Å². The Balaban J connectivity index is 2.27. The summed E-state index contributed by atoms with van der Waals surface area (Å²) in [6.07, 6.45) is 0. The summed E-state index contributed by atoms with van der Waals surface area (Å²) in [5, 5.41) is 0.760. The fourth-order valence-electron chi connectivity index (χ4n) is 1.84. The summed E-state index contributed by atoms with van der Waals surface area (Å²) in [7, 11) is 1.99. The van der Waals surface area contributed by atoms with E-state index in [1.165, 1.54) is 4.90 Å². The molecule has 20 heavy (non-hydrogen) atoms. The van der Waals surface area contributed by atoms with Crippen LogP contribution in [0.15, 0.2) is 29.2 Å². The van der Waals surface area contributed by atoms with Gasteiger partial charge in [-0.15, -0.1) is 11.8 Å². The van der Waals surface area contributed by atoms with Crippen molar-refractivity contribution in [3.05, 3.63) is 29.3 Å². The molecule has 5 heteroatoms. The van der Waals surface area contributed by atoms with E-state index in [0.29, 0.717) is 6.54 Å². The van der Waals surface area contributed by atoms with Gasteiger partial charge in [0.25, 0.3) is 0 Å². The summed E-state index contributed by atoms with van der Waals surface area (Å²) in [5.74, 6) is 1.16. The molecule has 0 atom stereocenters. The van der Waals surface area contributed by atoms with Crippen molar-refractivity contribution in [1.82, 2.24) is 9.80 Å². The molecule has 0 saturated carbocycles. The van der Waals surface area contributed by atoms with Crippen LogP contribution in [0.2, 0.25) is 5.02 Å². The van der Waals surface area contributed by atoms with E-state index in [4.69, 9.17) is 11.6 Å². The number of carbonyl (C=O) groups excluding carboxylic acids is 1. The molecule has 0 saturated heterocycles. The van der Waals surface area contributed by atoms with Gasteiger partial charge in [-0.25, -0.2) is 0 Å². The van der Waals surface area contributed by atoms with Crippen molar-refractivity contribution in [1.29, 1.82) is 0 Å². The second kappa shape index (κ2) is 9.27. The van der Waals surface area contributed by atoms with Crippen LogP contribution in [0.25, 0.3) is 0 Å². The van der Waals surface area contributed by atoms with Crippen LogP contribution in [-0.2, 0) is 4.79 Å². The molecule has 0 heterocycles. The third kappa shape index (κ3) is 6.16. The van der Waals surface area contributed by atoms with Gasteiger partial charge in [-0.05, 0) is 45.2 Å². The third-order valence-corrected chi connectivity index (χ3v) is 4.32. The highest BCUT2D eigenvalue weighted by atomic mass is 35.5. The smallest absolute Gasteiger partial charge is 0.236 e. The molecule has 0 spiro atoms. The Morgan fingerprint density at radius 3 is 2.35 bits per heavy atom. The SMILES string of the molecule is CCN(CC)C(=O)CN(C)CCSc1ccc(Cl)cc1. The maximum atomic E-state index is 11.9. The monoisotopic (exact) mass is 314 g/mol. The first-order valence-electron chi connectivity index (χ1n) is 6.91. The molecule has 1 aromatic rings. The van der Waals surface area contributed by atoms with Gasteiger partial charge in [-0.1, -0.05) is 11.6 Å². The molecule has 3 nitrogen and oxygen atoms in total. The minimum absolute atomic E-state index is 0.203. The van der Waals surface area contributed by atoms with Crippen molar-refractivity contribution >= 4 is 29.3 Å². The molecule has 1 amide bonds. The van der Waals surface area contributed by atoms with Crippen molar-refractivity contribution < 1.29 is 4.79 Å². The molecule has 0 N–H and O–H groups in total. The molecular weight excluding hydrogens is 292 g/mol. The van der Waals surface area contributed by atoms with E-state index in [2.05, 4.69) is 4.90 Å².